The standard InChI is InChI=1S/C24H17Cl2FN4O2/c1-30(28-14-16-6-5-9-19(12-16)33-18-7-3-2-4-8-18)22-15-29-31(24(32)23(22)26)17-10-11-21(27)20(25)13-17/h2-15H,1H3. The van der Waals surface area contributed by atoms with Crippen LogP contribution in [0.3, 0.4) is 0 Å². The molecule has 6 nitrogen and oxygen atoms in total. The first kappa shape index (κ1) is 22.5. The zero-order chi connectivity index (χ0) is 23.4. The Morgan fingerprint density at radius 3 is 2.55 bits per heavy atom. The predicted octanol–water partition coefficient (Wildman–Crippen LogP) is 5.94. The van der Waals surface area contributed by atoms with Crippen LogP contribution in [0.2, 0.25) is 10.0 Å². The Morgan fingerprint density at radius 1 is 1.03 bits per heavy atom. The van der Waals surface area contributed by atoms with E-state index in [9.17, 15) is 9.18 Å². The second-order valence-corrected chi connectivity index (χ2v) is 7.70. The van der Waals surface area contributed by atoms with Gasteiger partial charge in [-0.25, -0.2) is 4.39 Å². The van der Waals surface area contributed by atoms with Crippen molar-refractivity contribution in [3.8, 4) is 17.2 Å². The van der Waals surface area contributed by atoms with Gasteiger partial charge in [0.1, 0.15) is 28.0 Å². The summed E-state index contributed by atoms with van der Waals surface area (Å²) in [5.74, 6) is 0.793. The largest absolute Gasteiger partial charge is 0.457 e. The number of anilines is 1. The lowest BCUT2D eigenvalue weighted by Crippen LogP contribution is -2.24. The molecule has 33 heavy (non-hydrogen) atoms. The van der Waals surface area contributed by atoms with Gasteiger partial charge in [0.05, 0.1) is 23.1 Å². The third-order valence-electron chi connectivity index (χ3n) is 4.61. The molecule has 1 aromatic heterocycles. The molecule has 0 spiro atoms. The SMILES string of the molecule is CN(N=Cc1cccc(Oc2ccccc2)c1)c1cnn(-c2ccc(F)c(Cl)c2)c(=O)c1Cl. The van der Waals surface area contributed by atoms with E-state index in [1.54, 1.807) is 13.3 Å². The number of aromatic nitrogens is 2. The van der Waals surface area contributed by atoms with E-state index in [2.05, 4.69) is 10.2 Å². The summed E-state index contributed by atoms with van der Waals surface area (Å²) >= 11 is 12.1. The first-order valence-corrected chi connectivity index (χ1v) is 10.5. The number of para-hydroxylation sites is 1. The third-order valence-corrected chi connectivity index (χ3v) is 5.26. The van der Waals surface area contributed by atoms with Gasteiger partial charge < -0.3 is 4.74 Å². The molecule has 1 heterocycles. The Bertz CT molecular complexity index is 1380. The first-order chi connectivity index (χ1) is 15.9. The fraction of sp³-hybridized carbons (Fsp3) is 0.0417. The number of hydrogen-bond acceptors (Lipinski definition) is 5. The van der Waals surface area contributed by atoms with Crippen molar-refractivity contribution < 1.29 is 9.13 Å². The van der Waals surface area contributed by atoms with E-state index in [-0.39, 0.29) is 10.0 Å². The Kier molecular flexibility index (Phi) is 6.72. The Labute approximate surface area is 199 Å². The van der Waals surface area contributed by atoms with Gasteiger partial charge in [-0.05, 0) is 48.0 Å². The average molecular weight is 483 g/mol. The molecule has 0 atom stereocenters. The highest BCUT2D eigenvalue weighted by molar-refractivity contribution is 6.33. The van der Waals surface area contributed by atoms with E-state index in [1.165, 1.54) is 23.3 Å². The van der Waals surface area contributed by atoms with E-state index >= 15 is 0 Å². The number of benzene rings is 3. The first-order valence-electron chi connectivity index (χ1n) is 9.76. The van der Waals surface area contributed by atoms with Crippen molar-refractivity contribution in [3.05, 3.63) is 111 Å². The smallest absolute Gasteiger partial charge is 0.292 e. The van der Waals surface area contributed by atoms with Gasteiger partial charge in [0.2, 0.25) is 0 Å². The van der Waals surface area contributed by atoms with E-state index in [0.717, 1.165) is 22.1 Å². The number of hydrazone groups is 1. The molecule has 9 heteroatoms. The van der Waals surface area contributed by atoms with Crippen LogP contribution in [0.15, 0.2) is 88.9 Å². The van der Waals surface area contributed by atoms with Crippen molar-refractivity contribution in [1.29, 1.82) is 0 Å². The van der Waals surface area contributed by atoms with Gasteiger partial charge in [0.25, 0.3) is 5.56 Å². The topological polar surface area (TPSA) is 59.7 Å². The Morgan fingerprint density at radius 2 is 1.79 bits per heavy atom. The summed E-state index contributed by atoms with van der Waals surface area (Å²) in [7, 11) is 1.64. The van der Waals surface area contributed by atoms with Gasteiger partial charge >= 0.3 is 0 Å². The van der Waals surface area contributed by atoms with Crippen LogP contribution in [0, 0.1) is 5.82 Å². The van der Waals surface area contributed by atoms with E-state index in [4.69, 9.17) is 27.9 Å². The van der Waals surface area contributed by atoms with E-state index < -0.39 is 11.4 Å². The molecule has 0 amide bonds. The summed E-state index contributed by atoms with van der Waals surface area (Å²) in [6, 6.07) is 20.7. The third kappa shape index (κ3) is 5.22. The molecular formula is C24H17Cl2FN4O2. The van der Waals surface area contributed by atoms with Crippen molar-refractivity contribution >= 4 is 35.1 Å². The molecule has 0 fully saturated rings. The average Bonchev–Trinajstić information content (AvgIpc) is 2.82. The maximum absolute atomic E-state index is 13.4. The van der Waals surface area contributed by atoms with Gasteiger partial charge in [-0.1, -0.05) is 53.5 Å². The van der Waals surface area contributed by atoms with Crippen molar-refractivity contribution in [3.63, 3.8) is 0 Å². The second kappa shape index (κ2) is 9.85. The van der Waals surface area contributed by atoms with Crippen molar-refractivity contribution in [1.82, 2.24) is 9.78 Å². The number of hydrogen-bond donors (Lipinski definition) is 0. The van der Waals surface area contributed by atoms with Crippen LogP contribution in [0.4, 0.5) is 10.1 Å². The van der Waals surface area contributed by atoms with Gasteiger partial charge in [-0.15, -0.1) is 0 Å². The Balaban J connectivity index is 1.54. The molecule has 0 aliphatic rings. The summed E-state index contributed by atoms with van der Waals surface area (Å²) in [4.78, 5) is 12.7. The minimum atomic E-state index is -0.594. The molecule has 0 aliphatic heterocycles. The molecule has 0 unspecified atom stereocenters. The lowest BCUT2D eigenvalue weighted by atomic mass is 10.2. The van der Waals surface area contributed by atoms with Crippen LogP contribution in [0.25, 0.3) is 5.69 Å². The molecule has 166 valence electrons. The fourth-order valence-electron chi connectivity index (χ4n) is 2.95. The summed E-state index contributed by atoms with van der Waals surface area (Å²) < 4.78 is 20.3. The molecule has 0 N–H and O–H groups in total. The van der Waals surface area contributed by atoms with Crippen LogP contribution < -0.4 is 15.3 Å². The maximum Gasteiger partial charge on any atom is 0.292 e. The summed E-state index contributed by atoms with van der Waals surface area (Å²) in [6.07, 6.45) is 3.01. The molecule has 4 aromatic rings. The molecule has 0 saturated carbocycles. The lowest BCUT2D eigenvalue weighted by Gasteiger charge is -2.15. The number of ether oxygens (including phenoxy) is 1. The van der Waals surface area contributed by atoms with Gasteiger partial charge in [-0.3, -0.25) is 9.80 Å². The minimum Gasteiger partial charge on any atom is -0.457 e. The summed E-state index contributed by atoms with van der Waals surface area (Å²) in [5, 5.41) is 9.69. The highest BCUT2D eigenvalue weighted by Crippen LogP contribution is 2.24. The van der Waals surface area contributed by atoms with Gasteiger partial charge in [-0.2, -0.15) is 14.9 Å². The van der Waals surface area contributed by atoms with Crippen LogP contribution in [-0.4, -0.2) is 23.0 Å². The van der Waals surface area contributed by atoms with Crippen LogP contribution in [0.5, 0.6) is 11.5 Å². The van der Waals surface area contributed by atoms with Crippen molar-refractivity contribution in [2.24, 2.45) is 5.10 Å². The van der Waals surface area contributed by atoms with Crippen molar-refractivity contribution in [2.45, 2.75) is 0 Å². The quantitative estimate of drug-likeness (QED) is 0.252. The second-order valence-electron chi connectivity index (χ2n) is 6.91. The summed E-state index contributed by atoms with van der Waals surface area (Å²) in [5.41, 5.74) is 0.797. The zero-order valence-corrected chi connectivity index (χ0v) is 18.8. The Hall–Kier alpha value is -3.68. The monoisotopic (exact) mass is 482 g/mol. The minimum absolute atomic E-state index is 0.0914. The molecule has 0 saturated heterocycles. The number of halogens is 3. The molecule has 3 aromatic carbocycles. The predicted molar refractivity (Wildman–Crippen MR) is 129 cm³/mol. The number of nitrogens with zero attached hydrogens (tertiary/aromatic N) is 4. The van der Waals surface area contributed by atoms with Crippen LogP contribution in [-0.2, 0) is 0 Å². The van der Waals surface area contributed by atoms with Crippen LogP contribution >= 0.6 is 23.2 Å². The van der Waals surface area contributed by atoms with E-state index in [1.807, 2.05) is 54.6 Å². The lowest BCUT2D eigenvalue weighted by molar-refractivity contribution is 0.482. The molecule has 0 bridgehead atoms. The molecule has 0 radical (unpaired) electrons. The highest BCUT2D eigenvalue weighted by Gasteiger charge is 2.14. The molecule has 4 rings (SSSR count). The normalized spacial score (nSPS) is 11.0. The molecular weight excluding hydrogens is 466 g/mol. The van der Waals surface area contributed by atoms with Crippen molar-refractivity contribution in [2.75, 3.05) is 12.1 Å². The van der Waals surface area contributed by atoms with Gasteiger partial charge in [0, 0.05) is 7.05 Å². The van der Waals surface area contributed by atoms with Gasteiger partial charge in [0.15, 0.2) is 0 Å². The number of rotatable bonds is 6. The fourth-order valence-corrected chi connectivity index (χ4v) is 3.37. The van der Waals surface area contributed by atoms with E-state index in [0.29, 0.717) is 17.1 Å². The summed E-state index contributed by atoms with van der Waals surface area (Å²) in [6.45, 7) is 0. The van der Waals surface area contributed by atoms with Crippen LogP contribution in [0.1, 0.15) is 5.56 Å². The zero-order valence-electron chi connectivity index (χ0n) is 17.3. The maximum atomic E-state index is 13.4. The molecule has 0 aliphatic carbocycles. The highest BCUT2D eigenvalue weighted by atomic mass is 35.5.